The second-order valence-electron chi connectivity index (χ2n) is 7.54. The molecule has 1 aliphatic heterocycles. The lowest BCUT2D eigenvalue weighted by molar-refractivity contribution is 0.0947. The average Bonchev–Trinajstić information content (AvgIpc) is 3.25. The van der Waals surface area contributed by atoms with E-state index in [1.165, 1.54) is 44.6 Å². The molecule has 1 heterocycles. The molecule has 1 amide bonds. The predicted octanol–water partition coefficient (Wildman–Crippen LogP) is 2.34. The van der Waals surface area contributed by atoms with Crippen LogP contribution in [0.3, 0.4) is 0 Å². The van der Waals surface area contributed by atoms with E-state index in [2.05, 4.69) is 10.2 Å². The molecule has 3 rings (SSSR count). The average molecular weight is 432 g/mol. The number of ether oxygens (including phenoxy) is 1. The van der Waals surface area contributed by atoms with Crippen molar-refractivity contribution in [3.8, 4) is 5.75 Å². The molecule has 0 bridgehead atoms. The molecule has 1 fully saturated rings. The van der Waals surface area contributed by atoms with E-state index in [1.54, 1.807) is 12.1 Å². The van der Waals surface area contributed by atoms with Gasteiger partial charge in [0.25, 0.3) is 5.91 Å². The Kier molecular flexibility index (Phi) is 7.47. The van der Waals surface area contributed by atoms with Gasteiger partial charge in [-0.2, -0.15) is 0 Å². The number of hydrogen-bond donors (Lipinski definition) is 1. The highest BCUT2D eigenvalue weighted by atomic mass is 32.2. The Morgan fingerprint density at radius 3 is 2.27 bits per heavy atom. The summed E-state index contributed by atoms with van der Waals surface area (Å²) >= 11 is 0. The first kappa shape index (κ1) is 22.3. The highest BCUT2D eigenvalue weighted by Crippen LogP contribution is 2.18. The smallest absolute Gasteiger partial charge is 0.251 e. The van der Waals surface area contributed by atoms with Crippen molar-refractivity contribution in [3.63, 3.8) is 0 Å². The monoisotopic (exact) mass is 431 g/mol. The standard InChI is InChI=1S/C22H29N3O4S/c1-24(2)30(27,28)21-11-9-20(10-12-21)29-16-13-23-22(26)19-7-5-18(6-8-19)17-25-14-3-4-15-25/h5-12H,3-4,13-17H2,1-2H3,(H,23,26). The van der Waals surface area contributed by atoms with Crippen molar-refractivity contribution in [1.29, 1.82) is 0 Å². The van der Waals surface area contributed by atoms with E-state index >= 15 is 0 Å². The maximum atomic E-state index is 12.3. The van der Waals surface area contributed by atoms with Gasteiger partial charge in [0.05, 0.1) is 11.4 Å². The van der Waals surface area contributed by atoms with Crippen LogP contribution < -0.4 is 10.1 Å². The number of nitrogens with one attached hydrogen (secondary N) is 1. The molecule has 30 heavy (non-hydrogen) atoms. The number of likely N-dealkylation sites (tertiary alicyclic amines) is 1. The molecule has 1 aliphatic rings. The number of nitrogens with zero attached hydrogens (tertiary/aromatic N) is 2. The second-order valence-corrected chi connectivity index (χ2v) is 9.70. The number of carbonyl (C=O) groups excluding carboxylic acids is 1. The van der Waals surface area contributed by atoms with Gasteiger partial charge in [0, 0.05) is 26.2 Å². The summed E-state index contributed by atoms with van der Waals surface area (Å²) in [6, 6.07) is 14.0. The molecule has 0 unspecified atom stereocenters. The first-order chi connectivity index (χ1) is 14.4. The number of amides is 1. The van der Waals surface area contributed by atoms with E-state index in [4.69, 9.17) is 4.74 Å². The van der Waals surface area contributed by atoms with Gasteiger partial charge in [-0.25, -0.2) is 12.7 Å². The maximum absolute atomic E-state index is 12.3. The van der Waals surface area contributed by atoms with Crippen LogP contribution in [-0.4, -0.2) is 63.9 Å². The molecule has 0 aromatic heterocycles. The number of benzene rings is 2. The molecule has 162 valence electrons. The van der Waals surface area contributed by atoms with Crippen molar-refractivity contribution in [2.45, 2.75) is 24.3 Å². The number of rotatable bonds is 9. The van der Waals surface area contributed by atoms with Crippen LogP contribution in [0.25, 0.3) is 0 Å². The van der Waals surface area contributed by atoms with Gasteiger partial charge >= 0.3 is 0 Å². The molecule has 0 saturated carbocycles. The van der Waals surface area contributed by atoms with Crippen LogP contribution in [0, 0.1) is 0 Å². The molecule has 7 nitrogen and oxygen atoms in total. The van der Waals surface area contributed by atoms with Crippen LogP contribution >= 0.6 is 0 Å². The summed E-state index contributed by atoms with van der Waals surface area (Å²) in [6.07, 6.45) is 2.53. The van der Waals surface area contributed by atoms with Crippen molar-refractivity contribution in [1.82, 2.24) is 14.5 Å². The van der Waals surface area contributed by atoms with Crippen molar-refractivity contribution >= 4 is 15.9 Å². The lowest BCUT2D eigenvalue weighted by Gasteiger charge is -2.14. The molecule has 0 aliphatic carbocycles. The van der Waals surface area contributed by atoms with E-state index in [0.717, 1.165) is 23.9 Å². The number of carbonyl (C=O) groups is 1. The van der Waals surface area contributed by atoms with Crippen LogP contribution in [0.1, 0.15) is 28.8 Å². The molecular formula is C22H29N3O4S. The van der Waals surface area contributed by atoms with Crippen molar-refractivity contribution in [2.75, 3.05) is 40.3 Å². The third-order valence-corrected chi connectivity index (χ3v) is 6.91. The summed E-state index contributed by atoms with van der Waals surface area (Å²) in [5.74, 6) is 0.409. The van der Waals surface area contributed by atoms with Crippen molar-refractivity contribution in [2.24, 2.45) is 0 Å². The Balaban J connectivity index is 1.42. The summed E-state index contributed by atoms with van der Waals surface area (Å²) in [6.45, 7) is 3.88. The molecule has 1 N–H and O–H groups in total. The molecule has 1 saturated heterocycles. The fourth-order valence-corrected chi connectivity index (χ4v) is 4.22. The minimum absolute atomic E-state index is 0.140. The van der Waals surface area contributed by atoms with Gasteiger partial charge in [-0.05, 0) is 67.9 Å². The van der Waals surface area contributed by atoms with Crippen LogP contribution in [0.4, 0.5) is 0 Å². The summed E-state index contributed by atoms with van der Waals surface area (Å²) in [7, 11) is -0.473. The molecule has 2 aromatic carbocycles. The third kappa shape index (κ3) is 5.81. The minimum atomic E-state index is -3.45. The Bertz CT molecular complexity index is 935. The van der Waals surface area contributed by atoms with Crippen LogP contribution in [0.2, 0.25) is 0 Å². The minimum Gasteiger partial charge on any atom is -0.492 e. The normalized spacial score (nSPS) is 14.8. The lowest BCUT2D eigenvalue weighted by atomic mass is 10.1. The Morgan fingerprint density at radius 2 is 1.67 bits per heavy atom. The Morgan fingerprint density at radius 1 is 1.03 bits per heavy atom. The van der Waals surface area contributed by atoms with E-state index in [9.17, 15) is 13.2 Å². The van der Waals surface area contributed by atoms with Gasteiger partial charge in [-0.3, -0.25) is 9.69 Å². The SMILES string of the molecule is CN(C)S(=O)(=O)c1ccc(OCCNC(=O)c2ccc(CN3CCCC3)cc2)cc1. The summed E-state index contributed by atoms with van der Waals surface area (Å²) in [5, 5.41) is 2.84. The quantitative estimate of drug-likeness (QED) is 0.617. The largest absolute Gasteiger partial charge is 0.492 e. The van der Waals surface area contributed by atoms with Crippen LogP contribution in [-0.2, 0) is 16.6 Å². The molecule has 0 radical (unpaired) electrons. The fourth-order valence-electron chi connectivity index (χ4n) is 3.31. The maximum Gasteiger partial charge on any atom is 0.251 e. The van der Waals surface area contributed by atoms with Crippen LogP contribution in [0.5, 0.6) is 5.75 Å². The van der Waals surface area contributed by atoms with E-state index in [1.807, 2.05) is 24.3 Å². The molecule has 2 aromatic rings. The molecule has 0 spiro atoms. The topological polar surface area (TPSA) is 79.0 Å². The van der Waals surface area contributed by atoms with Crippen molar-refractivity contribution in [3.05, 3.63) is 59.7 Å². The zero-order chi connectivity index (χ0) is 21.6. The highest BCUT2D eigenvalue weighted by Gasteiger charge is 2.16. The summed E-state index contributed by atoms with van der Waals surface area (Å²) < 4.78 is 30.9. The van der Waals surface area contributed by atoms with Crippen molar-refractivity contribution < 1.29 is 17.9 Å². The molecule has 8 heteroatoms. The number of hydrogen-bond acceptors (Lipinski definition) is 5. The second kappa shape index (κ2) is 10.1. The van der Waals surface area contributed by atoms with Gasteiger partial charge < -0.3 is 10.1 Å². The number of sulfonamides is 1. The van der Waals surface area contributed by atoms with E-state index in [-0.39, 0.29) is 10.8 Å². The van der Waals surface area contributed by atoms with Gasteiger partial charge in [0.15, 0.2) is 0 Å². The summed E-state index contributed by atoms with van der Waals surface area (Å²) in [5.41, 5.74) is 1.84. The van der Waals surface area contributed by atoms with Gasteiger partial charge in [-0.15, -0.1) is 0 Å². The lowest BCUT2D eigenvalue weighted by Crippen LogP contribution is -2.28. The zero-order valence-corrected chi connectivity index (χ0v) is 18.3. The molecular weight excluding hydrogens is 402 g/mol. The highest BCUT2D eigenvalue weighted by molar-refractivity contribution is 7.89. The zero-order valence-electron chi connectivity index (χ0n) is 17.5. The summed E-state index contributed by atoms with van der Waals surface area (Å²) in [4.78, 5) is 14.9. The van der Waals surface area contributed by atoms with Crippen LogP contribution in [0.15, 0.2) is 53.4 Å². The third-order valence-electron chi connectivity index (χ3n) is 5.08. The van der Waals surface area contributed by atoms with E-state index in [0.29, 0.717) is 24.5 Å². The molecule has 0 atom stereocenters. The van der Waals surface area contributed by atoms with Gasteiger partial charge in [0.1, 0.15) is 12.4 Å². The first-order valence-electron chi connectivity index (χ1n) is 10.1. The van der Waals surface area contributed by atoms with Gasteiger partial charge in [-0.1, -0.05) is 12.1 Å². The predicted molar refractivity (Wildman–Crippen MR) is 116 cm³/mol. The Hall–Kier alpha value is -2.42. The Labute approximate surface area is 178 Å². The fraction of sp³-hybridized carbons (Fsp3) is 0.409. The van der Waals surface area contributed by atoms with Gasteiger partial charge in [0.2, 0.25) is 10.0 Å². The van der Waals surface area contributed by atoms with E-state index < -0.39 is 10.0 Å². The first-order valence-corrected chi connectivity index (χ1v) is 11.5.